The summed E-state index contributed by atoms with van der Waals surface area (Å²) in [5.74, 6) is 0.137. The summed E-state index contributed by atoms with van der Waals surface area (Å²) in [6.45, 7) is 3.15. The van der Waals surface area contributed by atoms with Crippen LogP contribution in [0.5, 0.6) is 0 Å². The summed E-state index contributed by atoms with van der Waals surface area (Å²) >= 11 is 1.55. The van der Waals surface area contributed by atoms with E-state index in [0.717, 1.165) is 17.7 Å². The number of rotatable bonds is 6. The van der Waals surface area contributed by atoms with Crippen molar-refractivity contribution in [1.82, 2.24) is 10.3 Å². The van der Waals surface area contributed by atoms with Crippen molar-refractivity contribution < 1.29 is 4.79 Å². The second kappa shape index (κ2) is 6.53. The van der Waals surface area contributed by atoms with Gasteiger partial charge in [0.15, 0.2) is 0 Å². The van der Waals surface area contributed by atoms with Crippen LogP contribution in [0.25, 0.3) is 0 Å². The molecule has 0 aliphatic heterocycles. The number of nitrogens with zero attached hydrogens (tertiary/aromatic N) is 1. The van der Waals surface area contributed by atoms with Gasteiger partial charge in [0, 0.05) is 17.0 Å². The minimum Gasteiger partial charge on any atom is -0.351 e. The Labute approximate surface area is 93.9 Å². The molecule has 0 radical (unpaired) electrons. The first-order valence-electron chi connectivity index (χ1n) is 5.09. The van der Waals surface area contributed by atoms with Crippen LogP contribution in [-0.2, 0) is 11.3 Å². The lowest BCUT2D eigenvalue weighted by Gasteiger charge is -2.10. The number of aromatic nitrogens is 1. The van der Waals surface area contributed by atoms with Crippen LogP contribution in [0.15, 0.2) is 11.7 Å². The number of nitrogens with one attached hydrogen (secondary N) is 1. The second-order valence-electron chi connectivity index (χ2n) is 3.52. The summed E-state index contributed by atoms with van der Waals surface area (Å²) in [5, 5.41) is 2.88. The van der Waals surface area contributed by atoms with Crippen LogP contribution in [-0.4, -0.2) is 17.4 Å². The predicted molar refractivity (Wildman–Crippen MR) is 61.4 cm³/mol. The molecular formula is C10H17N3OS. The molecule has 0 saturated heterocycles. The lowest BCUT2D eigenvalue weighted by atomic mass is 10.1. The molecule has 1 aromatic heterocycles. The first kappa shape index (κ1) is 12.1. The van der Waals surface area contributed by atoms with Crippen LogP contribution < -0.4 is 11.1 Å². The van der Waals surface area contributed by atoms with E-state index < -0.39 is 0 Å². The minimum atomic E-state index is 0.0430. The average Bonchev–Trinajstić information content (AvgIpc) is 2.75. The highest BCUT2D eigenvalue weighted by Crippen LogP contribution is 2.07. The lowest BCUT2D eigenvalue weighted by molar-refractivity contribution is -0.124. The minimum absolute atomic E-state index is 0.0430. The summed E-state index contributed by atoms with van der Waals surface area (Å²) in [5.41, 5.74) is 7.15. The van der Waals surface area contributed by atoms with Gasteiger partial charge in [-0.2, -0.15) is 0 Å². The Morgan fingerprint density at radius 1 is 1.73 bits per heavy atom. The normalized spacial score (nSPS) is 12.4. The van der Waals surface area contributed by atoms with Gasteiger partial charge in [0.1, 0.15) is 0 Å². The molecule has 1 atom stereocenters. The van der Waals surface area contributed by atoms with Crippen molar-refractivity contribution in [3.05, 3.63) is 16.6 Å². The van der Waals surface area contributed by atoms with Crippen molar-refractivity contribution in [3.63, 3.8) is 0 Å². The number of amides is 1. The lowest BCUT2D eigenvalue weighted by Crippen LogP contribution is -2.28. The molecule has 1 unspecified atom stereocenters. The van der Waals surface area contributed by atoms with E-state index in [1.54, 1.807) is 23.0 Å². The fraction of sp³-hybridized carbons (Fsp3) is 0.600. The molecule has 0 fully saturated rings. The van der Waals surface area contributed by atoms with E-state index >= 15 is 0 Å². The quantitative estimate of drug-likeness (QED) is 0.765. The van der Waals surface area contributed by atoms with Crippen LogP contribution in [0.1, 0.15) is 24.6 Å². The fourth-order valence-corrected chi connectivity index (χ4v) is 1.77. The molecular weight excluding hydrogens is 210 g/mol. The third kappa shape index (κ3) is 4.40. The molecule has 84 valence electrons. The van der Waals surface area contributed by atoms with Gasteiger partial charge in [-0.05, 0) is 19.4 Å². The molecule has 0 aromatic carbocycles. The summed E-state index contributed by atoms with van der Waals surface area (Å²) in [6.07, 6.45) is 3.52. The number of carbonyl (C=O) groups excluding carboxylic acids is 1. The monoisotopic (exact) mass is 227 g/mol. The van der Waals surface area contributed by atoms with Crippen molar-refractivity contribution >= 4 is 17.2 Å². The van der Waals surface area contributed by atoms with Crippen molar-refractivity contribution in [2.75, 3.05) is 6.54 Å². The first-order chi connectivity index (χ1) is 7.24. The highest BCUT2D eigenvalue weighted by atomic mass is 32.1. The summed E-state index contributed by atoms with van der Waals surface area (Å²) in [7, 11) is 0. The van der Waals surface area contributed by atoms with E-state index in [4.69, 9.17) is 5.73 Å². The Balaban J connectivity index is 2.23. The Kier molecular flexibility index (Phi) is 5.28. The molecule has 0 bridgehead atoms. The zero-order valence-electron chi connectivity index (χ0n) is 8.90. The summed E-state index contributed by atoms with van der Waals surface area (Å²) in [4.78, 5) is 16.6. The van der Waals surface area contributed by atoms with Gasteiger partial charge in [-0.1, -0.05) is 6.92 Å². The zero-order chi connectivity index (χ0) is 11.1. The van der Waals surface area contributed by atoms with Gasteiger partial charge in [0.2, 0.25) is 5.91 Å². The first-order valence-corrected chi connectivity index (χ1v) is 5.97. The van der Waals surface area contributed by atoms with Gasteiger partial charge in [-0.25, -0.2) is 0 Å². The van der Waals surface area contributed by atoms with Crippen LogP contribution in [0.4, 0.5) is 0 Å². The molecule has 0 aliphatic carbocycles. The number of carbonyl (C=O) groups is 1. The Hall–Kier alpha value is -0.940. The van der Waals surface area contributed by atoms with Crippen LogP contribution in [0.3, 0.4) is 0 Å². The Morgan fingerprint density at radius 3 is 3.13 bits per heavy atom. The van der Waals surface area contributed by atoms with Crippen LogP contribution in [0, 0.1) is 5.92 Å². The smallest absolute Gasteiger partial charge is 0.223 e. The van der Waals surface area contributed by atoms with E-state index in [1.165, 1.54) is 0 Å². The maximum absolute atomic E-state index is 11.6. The fourth-order valence-electron chi connectivity index (χ4n) is 1.23. The molecule has 0 aliphatic rings. The van der Waals surface area contributed by atoms with Crippen LogP contribution in [0.2, 0.25) is 0 Å². The van der Waals surface area contributed by atoms with Crippen molar-refractivity contribution in [1.29, 1.82) is 0 Å². The SMILES string of the molecule is CC(CCCN)C(=O)NCc1cncs1. The Bertz CT molecular complexity index is 287. The van der Waals surface area contributed by atoms with E-state index in [9.17, 15) is 4.79 Å². The molecule has 1 rings (SSSR count). The van der Waals surface area contributed by atoms with Gasteiger partial charge in [-0.3, -0.25) is 9.78 Å². The van der Waals surface area contributed by atoms with Gasteiger partial charge in [-0.15, -0.1) is 11.3 Å². The molecule has 0 spiro atoms. The summed E-state index contributed by atoms with van der Waals surface area (Å²) < 4.78 is 0. The molecule has 3 N–H and O–H groups in total. The molecule has 4 nitrogen and oxygen atoms in total. The second-order valence-corrected chi connectivity index (χ2v) is 4.49. The van der Waals surface area contributed by atoms with Crippen molar-refractivity contribution in [3.8, 4) is 0 Å². The highest BCUT2D eigenvalue weighted by Gasteiger charge is 2.11. The third-order valence-corrected chi connectivity index (χ3v) is 2.99. The zero-order valence-corrected chi connectivity index (χ0v) is 9.72. The maximum Gasteiger partial charge on any atom is 0.223 e. The molecule has 5 heteroatoms. The van der Waals surface area contributed by atoms with E-state index in [-0.39, 0.29) is 11.8 Å². The van der Waals surface area contributed by atoms with Crippen LogP contribution >= 0.6 is 11.3 Å². The Morgan fingerprint density at radius 2 is 2.53 bits per heavy atom. The van der Waals surface area contributed by atoms with E-state index in [1.807, 2.05) is 6.92 Å². The molecule has 15 heavy (non-hydrogen) atoms. The van der Waals surface area contributed by atoms with Crippen molar-refractivity contribution in [2.45, 2.75) is 26.3 Å². The molecule has 1 amide bonds. The van der Waals surface area contributed by atoms with Gasteiger partial charge >= 0.3 is 0 Å². The molecule has 1 heterocycles. The standard InChI is InChI=1S/C10H17N3OS/c1-8(3-2-4-11)10(14)13-6-9-5-12-7-15-9/h5,7-8H,2-4,6,11H2,1H3,(H,13,14). The number of nitrogens with two attached hydrogens (primary N) is 1. The highest BCUT2D eigenvalue weighted by molar-refractivity contribution is 7.09. The predicted octanol–water partition coefficient (Wildman–Crippen LogP) is 1.13. The molecule has 0 saturated carbocycles. The van der Waals surface area contributed by atoms with Crippen molar-refractivity contribution in [2.24, 2.45) is 11.7 Å². The number of hydrogen-bond donors (Lipinski definition) is 2. The summed E-state index contributed by atoms with van der Waals surface area (Å²) in [6, 6.07) is 0. The van der Waals surface area contributed by atoms with E-state index in [0.29, 0.717) is 13.1 Å². The molecule has 1 aromatic rings. The number of thiazole rings is 1. The largest absolute Gasteiger partial charge is 0.351 e. The van der Waals surface area contributed by atoms with Gasteiger partial charge in [0.05, 0.1) is 12.1 Å². The topological polar surface area (TPSA) is 68.0 Å². The van der Waals surface area contributed by atoms with E-state index in [2.05, 4.69) is 10.3 Å². The van der Waals surface area contributed by atoms with Gasteiger partial charge in [0.25, 0.3) is 0 Å². The maximum atomic E-state index is 11.6. The average molecular weight is 227 g/mol. The third-order valence-electron chi connectivity index (χ3n) is 2.21. The van der Waals surface area contributed by atoms with Gasteiger partial charge < -0.3 is 11.1 Å². The number of hydrogen-bond acceptors (Lipinski definition) is 4.